The van der Waals surface area contributed by atoms with E-state index in [4.69, 9.17) is 11.6 Å². The fraction of sp³-hybridized carbons (Fsp3) is 0.143. The van der Waals surface area contributed by atoms with Gasteiger partial charge in [0.05, 0.1) is 5.56 Å². The molecule has 0 saturated carbocycles. The molecule has 0 bridgehead atoms. The SMILES string of the molecule is OC(c1ccc(C(F)(F)F)c(F)c1)c1cc(Cl)ccc1Br. The molecule has 0 aromatic heterocycles. The summed E-state index contributed by atoms with van der Waals surface area (Å²) in [5, 5.41) is 10.5. The third-order valence-electron chi connectivity index (χ3n) is 2.87. The average Bonchev–Trinajstić information content (AvgIpc) is 2.39. The second kappa shape index (κ2) is 5.94. The van der Waals surface area contributed by atoms with Crippen LogP contribution in [0.15, 0.2) is 40.9 Å². The zero-order valence-electron chi connectivity index (χ0n) is 10.3. The Bertz CT molecular complexity index is 673. The molecule has 0 saturated heterocycles. The van der Waals surface area contributed by atoms with E-state index in [9.17, 15) is 22.7 Å². The first-order chi connectivity index (χ1) is 9.70. The first-order valence-electron chi connectivity index (χ1n) is 5.70. The number of halogens is 6. The van der Waals surface area contributed by atoms with Crippen LogP contribution in [0.5, 0.6) is 0 Å². The molecule has 0 aliphatic heterocycles. The smallest absolute Gasteiger partial charge is 0.384 e. The lowest BCUT2D eigenvalue weighted by Gasteiger charge is -2.15. The van der Waals surface area contributed by atoms with Gasteiger partial charge in [-0.05, 0) is 35.9 Å². The molecule has 112 valence electrons. The first kappa shape index (κ1) is 16.3. The van der Waals surface area contributed by atoms with Gasteiger partial charge >= 0.3 is 6.18 Å². The molecular weight excluding hydrogens is 376 g/mol. The van der Waals surface area contributed by atoms with Gasteiger partial charge in [0.25, 0.3) is 0 Å². The molecule has 2 aromatic carbocycles. The normalized spacial score (nSPS) is 13.3. The van der Waals surface area contributed by atoms with Gasteiger partial charge in [-0.3, -0.25) is 0 Å². The lowest BCUT2D eigenvalue weighted by Crippen LogP contribution is -2.09. The number of benzene rings is 2. The largest absolute Gasteiger partial charge is 0.419 e. The molecule has 0 heterocycles. The molecule has 1 N–H and O–H groups in total. The molecule has 7 heteroatoms. The molecule has 0 aliphatic carbocycles. The number of rotatable bonds is 2. The van der Waals surface area contributed by atoms with Crippen LogP contribution in [0.25, 0.3) is 0 Å². The summed E-state index contributed by atoms with van der Waals surface area (Å²) in [7, 11) is 0. The Morgan fingerprint density at radius 1 is 1.10 bits per heavy atom. The van der Waals surface area contributed by atoms with Gasteiger partial charge in [-0.15, -0.1) is 0 Å². The van der Waals surface area contributed by atoms with E-state index in [0.29, 0.717) is 27.2 Å². The molecule has 2 aromatic rings. The topological polar surface area (TPSA) is 20.2 Å². The van der Waals surface area contributed by atoms with Crippen molar-refractivity contribution in [1.82, 2.24) is 0 Å². The van der Waals surface area contributed by atoms with Gasteiger partial charge in [-0.1, -0.05) is 33.6 Å². The molecule has 0 amide bonds. The minimum Gasteiger partial charge on any atom is -0.384 e. The fourth-order valence-electron chi connectivity index (χ4n) is 1.84. The van der Waals surface area contributed by atoms with Gasteiger partial charge in [-0.25, -0.2) is 4.39 Å². The Hall–Kier alpha value is -1.11. The quantitative estimate of drug-likeness (QED) is 0.694. The monoisotopic (exact) mass is 382 g/mol. The van der Waals surface area contributed by atoms with E-state index in [-0.39, 0.29) is 5.56 Å². The summed E-state index contributed by atoms with van der Waals surface area (Å²) < 4.78 is 51.5. The van der Waals surface area contributed by atoms with Gasteiger partial charge in [0, 0.05) is 15.1 Å². The molecule has 1 unspecified atom stereocenters. The van der Waals surface area contributed by atoms with Gasteiger partial charge in [-0.2, -0.15) is 13.2 Å². The van der Waals surface area contributed by atoms with Gasteiger partial charge in [0.1, 0.15) is 11.9 Å². The average molecular weight is 384 g/mol. The predicted octanol–water partition coefficient (Wildman–Crippen LogP) is 5.34. The summed E-state index contributed by atoms with van der Waals surface area (Å²) in [6, 6.07) is 6.92. The Balaban J connectivity index is 2.43. The molecule has 1 atom stereocenters. The maximum absolute atomic E-state index is 13.5. The molecule has 0 fully saturated rings. The van der Waals surface area contributed by atoms with Crippen LogP contribution in [-0.4, -0.2) is 5.11 Å². The molecule has 1 nitrogen and oxygen atoms in total. The van der Waals surface area contributed by atoms with Crippen molar-refractivity contribution in [2.24, 2.45) is 0 Å². The summed E-state index contributed by atoms with van der Waals surface area (Å²) in [6.45, 7) is 0. The van der Waals surface area contributed by atoms with Crippen molar-refractivity contribution in [2.45, 2.75) is 12.3 Å². The van der Waals surface area contributed by atoms with Crippen LogP contribution in [0.3, 0.4) is 0 Å². The van der Waals surface area contributed by atoms with E-state index in [0.717, 1.165) is 6.07 Å². The maximum Gasteiger partial charge on any atom is 0.419 e. The zero-order chi connectivity index (χ0) is 15.8. The number of aliphatic hydroxyl groups is 1. The van der Waals surface area contributed by atoms with E-state index in [1.54, 1.807) is 12.1 Å². The third-order valence-corrected chi connectivity index (χ3v) is 3.82. The van der Waals surface area contributed by atoms with Crippen LogP contribution in [0.1, 0.15) is 22.8 Å². The molecule has 0 spiro atoms. The lowest BCUT2D eigenvalue weighted by atomic mass is 10.00. The summed E-state index contributed by atoms with van der Waals surface area (Å²) in [5.41, 5.74) is -1.03. The highest BCUT2D eigenvalue weighted by molar-refractivity contribution is 9.10. The molecular formula is C14H8BrClF4O. The Labute approximate surface area is 131 Å². The second-order valence-corrected chi connectivity index (χ2v) is 5.60. The number of aliphatic hydroxyl groups excluding tert-OH is 1. The molecule has 21 heavy (non-hydrogen) atoms. The van der Waals surface area contributed by atoms with Crippen LogP contribution < -0.4 is 0 Å². The van der Waals surface area contributed by atoms with E-state index in [1.807, 2.05) is 0 Å². The summed E-state index contributed by atoms with van der Waals surface area (Å²) >= 11 is 9.01. The van der Waals surface area contributed by atoms with E-state index in [1.165, 1.54) is 6.07 Å². The van der Waals surface area contributed by atoms with Crippen LogP contribution >= 0.6 is 27.5 Å². The van der Waals surface area contributed by atoms with Crippen LogP contribution in [0, 0.1) is 5.82 Å². The molecule has 0 aliphatic rings. The Morgan fingerprint density at radius 3 is 2.33 bits per heavy atom. The van der Waals surface area contributed by atoms with Crippen molar-refractivity contribution in [3.63, 3.8) is 0 Å². The molecule has 0 radical (unpaired) electrons. The van der Waals surface area contributed by atoms with Crippen molar-refractivity contribution < 1.29 is 22.7 Å². The van der Waals surface area contributed by atoms with Crippen molar-refractivity contribution in [2.75, 3.05) is 0 Å². The minimum atomic E-state index is -4.77. The highest BCUT2D eigenvalue weighted by Gasteiger charge is 2.34. The van der Waals surface area contributed by atoms with Crippen molar-refractivity contribution in [1.29, 1.82) is 0 Å². The van der Waals surface area contributed by atoms with Gasteiger partial charge < -0.3 is 5.11 Å². The third kappa shape index (κ3) is 3.56. The zero-order valence-corrected chi connectivity index (χ0v) is 12.6. The van der Waals surface area contributed by atoms with Crippen LogP contribution in [0.2, 0.25) is 5.02 Å². The molecule has 2 rings (SSSR count). The van der Waals surface area contributed by atoms with Crippen LogP contribution in [-0.2, 0) is 6.18 Å². The minimum absolute atomic E-state index is 0.00321. The summed E-state index contributed by atoms with van der Waals surface area (Å²) in [6.07, 6.45) is -6.07. The summed E-state index contributed by atoms with van der Waals surface area (Å²) in [5.74, 6) is -1.43. The van der Waals surface area contributed by atoms with Crippen molar-refractivity contribution in [3.8, 4) is 0 Å². The number of hydrogen-bond acceptors (Lipinski definition) is 1. The summed E-state index contributed by atoms with van der Waals surface area (Å²) in [4.78, 5) is 0. The van der Waals surface area contributed by atoms with Crippen LogP contribution in [0.4, 0.5) is 17.6 Å². The van der Waals surface area contributed by atoms with Crippen molar-refractivity contribution in [3.05, 3.63) is 68.4 Å². The standard InChI is InChI=1S/C14H8BrClF4O/c15-11-4-2-8(16)6-9(11)13(21)7-1-3-10(12(17)5-7)14(18,19)20/h1-6,13,21H. The highest BCUT2D eigenvalue weighted by Crippen LogP contribution is 2.35. The number of alkyl halides is 3. The fourth-order valence-corrected chi connectivity index (χ4v) is 2.48. The maximum atomic E-state index is 13.5. The van der Waals surface area contributed by atoms with Gasteiger partial charge in [0.15, 0.2) is 0 Å². The highest BCUT2D eigenvalue weighted by atomic mass is 79.9. The van der Waals surface area contributed by atoms with E-state index >= 15 is 0 Å². The van der Waals surface area contributed by atoms with E-state index < -0.39 is 23.7 Å². The predicted molar refractivity (Wildman–Crippen MR) is 74.6 cm³/mol. The number of hydrogen-bond donors (Lipinski definition) is 1. The van der Waals surface area contributed by atoms with Crippen molar-refractivity contribution >= 4 is 27.5 Å². The lowest BCUT2D eigenvalue weighted by molar-refractivity contribution is -0.140. The van der Waals surface area contributed by atoms with E-state index in [2.05, 4.69) is 15.9 Å². The second-order valence-electron chi connectivity index (χ2n) is 4.31. The first-order valence-corrected chi connectivity index (χ1v) is 6.87. The Kier molecular flexibility index (Phi) is 4.60. The van der Waals surface area contributed by atoms with Gasteiger partial charge in [0.2, 0.25) is 0 Å². The Morgan fingerprint density at radius 2 is 1.76 bits per heavy atom.